The van der Waals surface area contributed by atoms with Gasteiger partial charge in [-0.25, -0.2) is 4.98 Å². The average Bonchev–Trinajstić information content (AvgIpc) is 2.41. The fourth-order valence-corrected chi connectivity index (χ4v) is 3.44. The number of nitrogens with one attached hydrogen (secondary N) is 1. The van der Waals surface area contributed by atoms with Crippen LogP contribution in [0.5, 0.6) is 0 Å². The highest BCUT2D eigenvalue weighted by atomic mass is 79.9. The van der Waals surface area contributed by atoms with Crippen molar-refractivity contribution in [2.45, 2.75) is 36.4 Å². The van der Waals surface area contributed by atoms with Gasteiger partial charge in [-0.2, -0.15) is 0 Å². The first-order valence-corrected chi connectivity index (χ1v) is 8.76. The third kappa shape index (κ3) is 4.58. The molecular weight excluding hydrogens is 400 g/mol. The van der Waals surface area contributed by atoms with Crippen molar-refractivity contribution in [3.8, 4) is 0 Å². The predicted octanol–water partition coefficient (Wildman–Crippen LogP) is 5.26. The van der Waals surface area contributed by atoms with Gasteiger partial charge in [-0.05, 0) is 51.8 Å². The second-order valence-corrected chi connectivity index (χ2v) is 7.48. The van der Waals surface area contributed by atoms with Crippen LogP contribution in [0.1, 0.15) is 19.4 Å². The van der Waals surface area contributed by atoms with E-state index in [1.54, 1.807) is 11.8 Å². The summed E-state index contributed by atoms with van der Waals surface area (Å²) in [5, 5.41) is 4.45. The summed E-state index contributed by atoms with van der Waals surface area (Å²) in [5.41, 5.74) is 1.27. The molecule has 1 N–H and O–H groups in total. The first kappa shape index (κ1) is 16.0. The van der Waals surface area contributed by atoms with Crippen molar-refractivity contribution < 1.29 is 0 Å². The number of rotatable bonds is 5. The second-order valence-electron chi connectivity index (χ2n) is 4.68. The fourth-order valence-electron chi connectivity index (χ4n) is 1.65. The molecule has 1 aromatic heterocycles. The molecule has 0 spiro atoms. The lowest BCUT2D eigenvalue weighted by molar-refractivity contribution is 0.584. The van der Waals surface area contributed by atoms with E-state index in [0.717, 1.165) is 20.5 Å². The van der Waals surface area contributed by atoms with Crippen LogP contribution in [-0.4, -0.2) is 11.0 Å². The number of pyridine rings is 1. The Morgan fingerprint density at radius 1 is 1.25 bits per heavy atom. The van der Waals surface area contributed by atoms with Crippen molar-refractivity contribution in [3.05, 3.63) is 51.0 Å². The van der Waals surface area contributed by atoms with Crippen molar-refractivity contribution in [1.82, 2.24) is 10.3 Å². The molecule has 1 heterocycles. The summed E-state index contributed by atoms with van der Waals surface area (Å²) < 4.78 is 2.12. The molecule has 0 amide bonds. The molecule has 0 atom stereocenters. The number of benzene rings is 1. The Bertz CT molecular complexity index is 588. The van der Waals surface area contributed by atoms with Crippen LogP contribution in [0.25, 0.3) is 0 Å². The molecule has 0 aliphatic carbocycles. The summed E-state index contributed by atoms with van der Waals surface area (Å²) >= 11 is 8.77. The normalized spacial score (nSPS) is 11.1. The maximum Gasteiger partial charge on any atom is 0.115 e. The van der Waals surface area contributed by atoms with Crippen LogP contribution in [0, 0.1) is 0 Å². The van der Waals surface area contributed by atoms with Gasteiger partial charge in [-0.3, -0.25) is 0 Å². The first-order chi connectivity index (χ1) is 9.56. The molecule has 5 heteroatoms. The van der Waals surface area contributed by atoms with E-state index in [4.69, 9.17) is 0 Å². The zero-order valence-corrected chi connectivity index (χ0v) is 15.3. The van der Waals surface area contributed by atoms with E-state index in [0.29, 0.717) is 6.04 Å². The number of hydrogen-bond acceptors (Lipinski definition) is 3. The zero-order valence-electron chi connectivity index (χ0n) is 11.4. The Labute approximate surface area is 141 Å². The molecular formula is C15H16Br2N2S. The third-order valence-corrected chi connectivity index (χ3v) is 5.19. The number of aromatic nitrogens is 1. The van der Waals surface area contributed by atoms with Crippen LogP contribution in [0.2, 0.25) is 0 Å². The van der Waals surface area contributed by atoms with E-state index in [9.17, 15) is 0 Å². The van der Waals surface area contributed by atoms with Gasteiger partial charge in [0.1, 0.15) is 5.03 Å². The van der Waals surface area contributed by atoms with E-state index in [-0.39, 0.29) is 0 Å². The molecule has 106 valence electrons. The second kappa shape index (κ2) is 7.59. The van der Waals surface area contributed by atoms with Gasteiger partial charge in [-0.15, -0.1) is 0 Å². The van der Waals surface area contributed by atoms with Crippen LogP contribution in [-0.2, 0) is 6.54 Å². The molecule has 0 saturated heterocycles. The van der Waals surface area contributed by atoms with Crippen molar-refractivity contribution >= 4 is 43.6 Å². The van der Waals surface area contributed by atoms with Crippen molar-refractivity contribution in [2.75, 3.05) is 0 Å². The number of nitrogens with zero attached hydrogens (tertiary/aromatic N) is 1. The summed E-state index contributed by atoms with van der Waals surface area (Å²) in [6.45, 7) is 5.16. The summed E-state index contributed by atoms with van der Waals surface area (Å²) in [4.78, 5) is 5.64. The van der Waals surface area contributed by atoms with Crippen molar-refractivity contribution in [3.63, 3.8) is 0 Å². The third-order valence-electron chi connectivity index (χ3n) is 2.65. The minimum absolute atomic E-state index is 0.466. The minimum atomic E-state index is 0.466. The lowest BCUT2D eigenvalue weighted by atomic mass is 10.2. The standard InChI is InChI=1S/C15H16Br2N2S/c1-10(2)19-9-11-8-12(16)5-6-14(11)20-15-13(17)4-3-7-18-15/h3-8,10,19H,9H2,1-2H3. The maximum absolute atomic E-state index is 4.42. The highest BCUT2D eigenvalue weighted by Crippen LogP contribution is 2.34. The zero-order chi connectivity index (χ0) is 14.5. The molecule has 0 fully saturated rings. The summed E-state index contributed by atoms with van der Waals surface area (Å²) in [7, 11) is 0. The van der Waals surface area contributed by atoms with Gasteiger partial charge >= 0.3 is 0 Å². The summed E-state index contributed by atoms with van der Waals surface area (Å²) in [5.74, 6) is 0. The van der Waals surface area contributed by atoms with Gasteiger partial charge in [0, 0.05) is 28.2 Å². The summed E-state index contributed by atoms with van der Waals surface area (Å²) in [6, 6.07) is 10.8. The fraction of sp³-hybridized carbons (Fsp3) is 0.267. The van der Waals surface area contributed by atoms with Crippen LogP contribution in [0.3, 0.4) is 0 Å². The molecule has 1 aromatic carbocycles. The van der Waals surface area contributed by atoms with Gasteiger partial charge in [0.05, 0.1) is 4.47 Å². The Morgan fingerprint density at radius 3 is 2.75 bits per heavy atom. The number of halogens is 2. The number of hydrogen-bond donors (Lipinski definition) is 1. The molecule has 0 radical (unpaired) electrons. The van der Waals surface area contributed by atoms with Gasteiger partial charge in [0.15, 0.2) is 0 Å². The Hall–Kier alpha value is -0.360. The van der Waals surface area contributed by atoms with Crippen LogP contribution < -0.4 is 5.32 Å². The van der Waals surface area contributed by atoms with E-state index < -0.39 is 0 Å². The van der Waals surface area contributed by atoms with Gasteiger partial charge in [0.2, 0.25) is 0 Å². The van der Waals surface area contributed by atoms with Crippen molar-refractivity contribution in [1.29, 1.82) is 0 Å². The minimum Gasteiger partial charge on any atom is -0.310 e. The molecule has 0 aliphatic rings. The highest BCUT2D eigenvalue weighted by Gasteiger charge is 2.09. The van der Waals surface area contributed by atoms with Crippen LogP contribution in [0.15, 0.2) is 55.4 Å². The molecule has 0 aliphatic heterocycles. The molecule has 0 bridgehead atoms. The largest absolute Gasteiger partial charge is 0.310 e. The average molecular weight is 416 g/mol. The maximum atomic E-state index is 4.42. The SMILES string of the molecule is CC(C)NCc1cc(Br)ccc1Sc1ncccc1Br. The first-order valence-electron chi connectivity index (χ1n) is 6.36. The van der Waals surface area contributed by atoms with E-state index in [1.807, 2.05) is 18.3 Å². The Morgan fingerprint density at radius 2 is 2.05 bits per heavy atom. The van der Waals surface area contributed by atoms with Gasteiger partial charge in [-0.1, -0.05) is 41.5 Å². The highest BCUT2D eigenvalue weighted by molar-refractivity contribution is 9.10. The molecule has 0 unspecified atom stereocenters. The quantitative estimate of drug-likeness (QED) is 0.721. The Balaban J connectivity index is 2.24. The predicted molar refractivity (Wildman–Crippen MR) is 92.2 cm³/mol. The molecule has 2 nitrogen and oxygen atoms in total. The lowest BCUT2D eigenvalue weighted by Gasteiger charge is -2.13. The van der Waals surface area contributed by atoms with Gasteiger partial charge < -0.3 is 5.32 Å². The van der Waals surface area contributed by atoms with Crippen LogP contribution in [0.4, 0.5) is 0 Å². The van der Waals surface area contributed by atoms with E-state index in [1.165, 1.54) is 10.5 Å². The lowest BCUT2D eigenvalue weighted by Crippen LogP contribution is -2.22. The Kier molecular flexibility index (Phi) is 6.08. The summed E-state index contributed by atoms with van der Waals surface area (Å²) in [6.07, 6.45) is 1.82. The molecule has 0 saturated carbocycles. The smallest absolute Gasteiger partial charge is 0.115 e. The van der Waals surface area contributed by atoms with Crippen LogP contribution >= 0.6 is 43.6 Å². The van der Waals surface area contributed by atoms with Gasteiger partial charge in [0.25, 0.3) is 0 Å². The van der Waals surface area contributed by atoms with E-state index >= 15 is 0 Å². The topological polar surface area (TPSA) is 24.9 Å². The monoisotopic (exact) mass is 414 g/mol. The van der Waals surface area contributed by atoms with E-state index in [2.05, 4.69) is 74.2 Å². The van der Waals surface area contributed by atoms with Crippen molar-refractivity contribution in [2.24, 2.45) is 0 Å². The molecule has 20 heavy (non-hydrogen) atoms. The molecule has 2 aromatic rings. The molecule has 2 rings (SSSR count).